The first-order valence-electron chi connectivity index (χ1n) is 6.32. The molecule has 1 N–H and O–H groups in total. The maximum Gasteiger partial charge on any atom is 0.433 e. The quantitative estimate of drug-likeness (QED) is 0.531. The molecule has 0 spiro atoms. The van der Waals surface area contributed by atoms with Crippen molar-refractivity contribution < 1.29 is 27.1 Å². The number of alkyl halides is 3. The standard InChI is InChI=1S/C14H11F4N3O2/c1-23-13(22)9-3-5-11(21-12(9)15)20-7-8-2-4-10(19-6-8)14(16,17)18/h2-6H,7H2,1H3,(H,20,21). The van der Waals surface area contributed by atoms with Gasteiger partial charge in [-0.15, -0.1) is 0 Å². The molecular weight excluding hydrogens is 318 g/mol. The van der Waals surface area contributed by atoms with Gasteiger partial charge < -0.3 is 10.1 Å². The van der Waals surface area contributed by atoms with E-state index in [2.05, 4.69) is 20.0 Å². The molecule has 2 rings (SSSR count). The zero-order valence-electron chi connectivity index (χ0n) is 11.8. The third kappa shape index (κ3) is 4.15. The molecule has 0 radical (unpaired) electrons. The van der Waals surface area contributed by atoms with Gasteiger partial charge >= 0.3 is 12.1 Å². The van der Waals surface area contributed by atoms with E-state index in [0.29, 0.717) is 5.56 Å². The Kier molecular flexibility index (Phi) is 4.77. The van der Waals surface area contributed by atoms with Crippen LogP contribution in [-0.4, -0.2) is 23.0 Å². The number of esters is 1. The van der Waals surface area contributed by atoms with E-state index in [-0.39, 0.29) is 17.9 Å². The van der Waals surface area contributed by atoms with Crippen molar-refractivity contribution in [2.75, 3.05) is 12.4 Å². The number of carbonyl (C=O) groups is 1. The predicted molar refractivity (Wildman–Crippen MR) is 72.1 cm³/mol. The summed E-state index contributed by atoms with van der Waals surface area (Å²) >= 11 is 0. The second kappa shape index (κ2) is 6.59. The molecule has 0 saturated heterocycles. The molecule has 0 aliphatic carbocycles. The van der Waals surface area contributed by atoms with Gasteiger partial charge in [0.05, 0.1) is 7.11 Å². The highest BCUT2D eigenvalue weighted by Crippen LogP contribution is 2.27. The van der Waals surface area contributed by atoms with Crippen LogP contribution in [0.3, 0.4) is 0 Å². The number of halogens is 4. The van der Waals surface area contributed by atoms with Gasteiger partial charge in [0.2, 0.25) is 5.95 Å². The Morgan fingerprint density at radius 1 is 1.26 bits per heavy atom. The number of pyridine rings is 2. The van der Waals surface area contributed by atoms with E-state index < -0.39 is 23.8 Å². The predicted octanol–water partition coefficient (Wildman–Crippen LogP) is 3.03. The Morgan fingerprint density at radius 3 is 2.52 bits per heavy atom. The van der Waals surface area contributed by atoms with Crippen LogP contribution in [0.5, 0.6) is 0 Å². The Morgan fingerprint density at radius 2 is 2.00 bits per heavy atom. The fourth-order valence-corrected chi connectivity index (χ4v) is 1.68. The van der Waals surface area contributed by atoms with Gasteiger partial charge in [0.15, 0.2) is 0 Å². The summed E-state index contributed by atoms with van der Waals surface area (Å²) in [6, 6.07) is 4.65. The van der Waals surface area contributed by atoms with Crippen LogP contribution in [0.4, 0.5) is 23.4 Å². The summed E-state index contributed by atoms with van der Waals surface area (Å²) in [7, 11) is 1.12. The minimum Gasteiger partial charge on any atom is -0.465 e. The molecule has 2 aromatic heterocycles. The maximum atomic E-state index is 13.6. The molecule has 122 valence electrons. The highest BCUT2D eigenvalue weighted by molar-refractivity contribution is 5.89. The molecule has 0 aliphatic heterocycles. The monoisotopic (exact) mass is 329 g/mol. The van der Waals surface area contributed by atoms with Crippen LogP contribution in [0, 0.1) is 5.95 Å². The summed E-state index contributed by atoms with van der Waals surface area (Å²) in [5, 5.41) is 2.72. The van der Waals surface area contributed by atoms with E-state index in [9.17, 15) is 22.4 Å². The van der Waals surface area contributed by atoms with Crippen molar-refractivity contribution >= 4 is 11.8 Å². The molecule has 23 heavy (non-hydrogen) atoms. The van der Waals surface area contributed by atoms with Gasteiger partial charge in [-0.2, -0.15) is 17.6 Å². The molecule has 5 nitrogen and oxygen atoms in total. The number of hydrogen-bond donors (Lipinski definition) is 1. The number of ether oxygens (including phenoxy) is 1. The summed E-state index contributed by atoms with van der Waals surface area (Å²) in [6.07, 6.45) is -3.44. The summed E-state index contributed by atoms with van der Waals surface area (Å²) in [5.41, 5.74) is -0.848. The van der Waals surface area contributed by atoms with E-state index in [1.807, 2.05) is 0 Å². The highest BCUT2D eigenvalue weighted by Gasteiger charge is 2.31. The van der Waals surface area contributed by atoms with Gasteiger partial charge in [0.25, 0.3) is 0 Å². The van der Waals surface area contributed by atoms with Crippen LogP contribution in [0.1, 0.15) is 21.6 Å². The fraction of sp³-hybridized carbons (Fsp3) is 0.214. The van der Waals surface area contributed by atoms with Gasteiger partial charge in [-0.1, -0.05) is 6.07 Å². The van der Waals surface area contributed by atoms with E-state index in [4.69, 9.17) is 0 Å². The second-order valence-electron chi connectivity index (χ2n) is 4.43. The van der Waals surface area contributed by atoms with Gasteiger partial charge in [0, 0.05) is 12.7 Å². The molecule has 0 amide bonds. The van der Waals surface area contributed by atoms with Crippen molar-refractivity contribution in [1.82, 2.24) is 9.97 Å². The third-order valence-electron chi connectivity index (χ3n) is 2.84. The van der Waals surface area contributed by atoms with Crippen molar-refractivity contribution in [2.45, 2.75) is 12.7 Å². The smallest absolute Gasteiger partial charge is 0.433 e. The number of nitrogens with one attached hydrogen (secondary N) is 1. The summed E-state index contributed by atoms with van der Waals surface area (Å²) in [6.45, 7) is 0.0924. The molecule has 0 unspecified atom stereocenters. The molecule has 0 aromatic carbocycles. The maximum absolute atomic E-state index is 13.6. The number of rotatable bonds is 4. The van der Waals surface area contributed by atoms with Crippen LogP contribution in [0.25, 0.3) is 0 Å². The van der Waals surface area contributed by atoms with Gasteiger partial charge in [-0.05, 0) is 23.8 Å². The number of nitrogens with zero attached hydrogens (tertiary/aromatic N) is 2. The van der Waals surface area contributed by atoms with Crippen LogP contribution < -0.4 is 5.32 Å². The molecule has 2 aromatic rings. The second-order valence-corrected chi connectivity index (χ2v) is 4.43. The van der Waals surface area contributed by atoms with Gasteiger partial charge in [-0.3, -0.25) is 4.98 Å². The van der Waals surface area contributed by atoms with E-state index >= 15 is 0 Å². The molecule has 0 aliphatic rings. The Labute approximate surface area is 128 Å². The zero-order valence-corrected chi connectivity index (χ0v) is 11.8. The lowest BCUT2D eigenvalue weighted by Crippen LogP contribution is -2.10. The highest BCUT2D eigenvalue weighted by atomic mass is 19.4. The lowest BCUT2D eigenvalue weighted by Gasteiger charge is -2.09. The normalized spacial score (nSPS) is 11.2. The van der Waals surface area contributed by atoms with E-state index in [1.54, 1.807) is 0 Å². The summed E-state index contributed by atoms with van der Waals surface area (Å²) in [4.78, 5) is 18.1. The Hall–Kier alpha value is -2.71. The van der Waals surface area contributed by atoms with Gasteiger partial charge in [0.1, 0.15) is 17.1 Å². The van der Waals surface area contributed by atoms with Crippen LogP contribution in [0.2, 0.25) is 0 Å². The van der Waals surface area contributed by atoms with Crippen LogP contribution in [-0.2, 0) is 17.5 Å². The average molecular weight is 329 g/mol. The summed E-state index contributed by atoms with van der Waals surface area (Å²) in [5.74, 6) is -1.74. The first-order chi connectivity index (χ1) is 10.8. The van der Waals surface area contributed by atoms with Crippen molar-refractivity contribution in [1.29, 1.82) is 0 Å². The van der Waals surface area contributed by atoms with E-state index in [1.165, 1.54) is 18.2 Å². The Bertz CT molecular complexity index is 702. The third-order valence-corrected chi connectivity index (χ3v) is 2.84. The van der Waals surface area contributed by atoms with Crippen LogP contribution in [0.15, 0.2) is 30.5 Å². The van der Waals surface area contributed by atoms with Crippen molar-refractivity contribution in [2.24, 2.45) is 0 Å². The first-order valence-corrected chi connectivity index (χ1v) is 6.32. The number of hydrogen-bond acceptors (Lipinski definition) is 5. The lowest BCUT2D eigenvalue weighted by molar-refractivity contribution is -0.141. The molecule has 0 atom stereocenters. The van der Waals surface area contributed by atoms with Crippen molar-refractivity contribution in [3.63, 3.8) is 0 Å². The van der Waals surface area contributed by atoms with Crippen molar-refractivity contribution in [3.05, 3.63) is 53.2 Å². The SMILES string of the molecule is COC(=O)c1ccc(NCc2ccc(C(F)(F)F)nc2)nc1F. The minimum absolute atomic E-state index is 0.0924. The molecular formula is C14H11F4N3O2. The van der Waals surface area contributed by atoms with Crippen molar-refractivity contribution in [3.8, 4) is 0 Å². The molecule has 0 bridgehead atoms. The largest absolute Gasteiger partial charge is 0.465 e. The molecule has 9 heteroatoms. The Balaban J connectivity index is 2.04. The first kappa shape index (κ1) is 16.7. The molecule has 2 heterocycles. The topological polar surface area (TPSA) is 64.1 Å². The molecule has 0 fully saturated rings. The van der Waals surface area contributed by atoms with Crippen LogP contribution >= 0.6 is 0 Å². The fourth-order valence-electron chi connectivity index (χ4n) is 1.68. The minimum atomic E-state index is -4.50. The number of anilines is 1. The number of carbonyl (C=O) groups excluding carboxylic acids is 1. The lowest BCUT2D eigenvalue weighted by atomic mass is 10.2. The van der Waals surface area contributed by atoms with E-state index in [0.717, 1.165) is 19.4 Å². The number of methoxy groups -OCH3 is 1. The average Bonchev–Trinajstić information content (AvgIpc) is 2.52. The molecule has 0 saturated carbocycles. The zero-order chi connectivity index (χ0) is 17.0. The number of aromatic nitrogens is 2. The van der Waals surface area contributed by atoms with Gasteiger partial charge in [-0.25, -0.2) is 9.78 Å². The summed E-state index contributed by atoms with van der Waals surface area (Å²) < 4.78 is 55.1.